The van der Waals surface area contributed by atoms with Crippen LogP contribution in [0.5, 0.6) is 5.75 Å². The van der Waals surface area contributed by atoms with Crippen molar-refractivity contribution in [1.82, 2.24) is 4.57 Å². The van der Waals surface area contributed by atoms with Crippen LogP contribution in [0.4, 0.5) is 0 Å². The maximum atomic E-state index is 12.4. The van der Waals surface area contributed by atoms with Gasteiger partial charge in [-0.1, -0.05) is 48.5 Å². The molecule has 0 aliphatic rings. The molecule has 1 heterocycles. The van der Waals surface area contributed by atoms with E-state index in [2.05, 4.69) is 6.07 Å². The van der Waals surface area contributed by atoms with Crippen molar-refractivity contribution in [2.75, 3.05) is 0 Å². The summed E-state index contributed by atoms with van der Waals surface area (Å²) in [6.45, 7) is 2.68. The molecule has 0 fully saturated rings. The van der Waals surface area contributed by atoms with Gasteiger partial charge in [0.05, 0.1) is 18.2 Å². The molecule has 0 N–H and O–H groups in total. The van der Waals surface area contributed by atoms with E-state index in [0.29, 0.717) is 17.9 Å². The molecule has 2 aromatic carbocycles. The first kappa shape index (κ1) is 16.5. The van der Waals surface area contributed by atoms with E-state index in [-0.39, 0.29) is 12.2 Å². The lowest BCUT2D eigenvalue weighted by atomic mass is 10.1. The van der Waals surface area contributed by atoms with Crippen molar-refractivity contribution < 1.29 is 4.74 Å². The molecule has 0 bridgehead atoms. The van der Waals surface area contributed by atoms with Crippen LogP contribution in [0.3, 0.4) is 0 Å². The normalized spacial score (nSPS) is 10.2. The van der Waals surface area contributed by atoms with Gasteiger partial charge in [-0.15, -0.1) is 0 Å². The Morgan fingerprint density at radius 1 is 1.04 bits per heavy atom. The summed E-state index contributed by atoms with van der Waals surface area (Å²) in [6.07, 6.45) is 0. The third-order valence-electron chi connectivity index (χ3n) is 4.02. The van der Waals surface area contributed by atoms with Crippen LogP contribution in [-0.2, 0) is 13.2 Å². The van der Waals surface area contributed by atoms with Gasteiger partial charge in [0.1, 0.15) is 12.4 Å². The average molecular weight is 330 g/mol. The lowest BCUT2D eigenvalue weighted by Gasteiger charge is -2.13. The molecule has 4 heteroatoms. The maximum absolute atomic E-state index is 12.4. The van der Waals surface area contributed by atoms with Gasteiger partial charge in [-0.2, -0.15) is 5.26 Å². The number of rotatable bonds is 5. The van der Waals surface area contributed by atoms with Gasteiger partial charge in [-0.05, 0) is 24.6 Å². The van der Waals surface area contributed by atoms with Crippen LogP contribution in [-0.4, -0.2) is 4.57 Å². The second-order valence-electron chi connectivity index (χ2n) is 5.80. The molecule has 1 aromatic heterocycles. The Hall–Kier alpha value is -3.32. The molecule has 0 aliphatic carbocycles. The molecule has 0 amide bonds. The second kappa shape index (κ2) is 7.50. The zero-order chi connectivity index (χ0) is 17.6. The monoisotopic (exact) mass is 330 g/mol. The Morgan fingerprint density at radius 3 is 2.48 bits per heavy atom. The fourth-order valence-electron chi connectivity index (χ4n) is 2.67. The van der Waals surface area contributed by atoms with E-state index in [9.17, 15) is 4.79 Å². The van der Waals surface area contributed by atoms with Gasteiger partial charge < -0.3 is 9.30 Å². The summed E-state index contributed by atoms with van der Waals surface area (Å²) in [5.41, 5.74) is 3.18. The molecule has 4 nitrogen and oxygen atoms in total. The van der Waals surface area contributed by atoms with E-state index in [1.165, 1.54) is 6.07 Å². The maximum Gasteiger partial charge on any atom is 0.254 e. The van der Waals surface area contributed by atoms with Crippen molar-refractivity contribution in [3.8, 4) is 11.8 Å². The van der Waals surface area contributed by atoms with E-state index < -0.39 is 0 Å². The van der Waals surface area contributed by atoms with E-state index >= 15 is 0 Å². The van der Waals surface area contributed by atoms with Crippen molar-refractivity contribution in [2.24, 2.45) is 0 Å². The Balaban J connectivity index is 1.78. The summed E-state index contributed by atoms with van der Waals surface area (Å²) in [7, 11) is 0. The van der Waals surface area contributed by atoms with Gasteiger partial charge in [0, 0.05) is 17.3 Å². The third kappa shape index (κ3) is 3.96. The highest BCUT2D eigenvalue weighted by molar-refractivity contribution is 5.37. The summed E-state index contributed by atoms with van der Waals surface area (Å²) in [5, 5.41) is 9.12. The van der Waals surface area contributed by atoms with Crippen LogP contribution < -0.4 is 10.3 Å². The topological polar surface area (TPSA) is 55.0 Å². The number of hydrogen-bond acceptors (Lipinski definition) is 3. The minimum absolute atomic E-state index is 0.104. The Bertz CT molecular complexity index is 969. The standard InChI is InChI=1S/C21H18N2O2/c1-16-11-20(25-15-19-10-6-5-9-18(19)13-22)12-21(24)23(16)14-17-7-3-2-4-8-17/h2-12H,14-15H2,1H3. The smallest absolute Gasteiger partial charge is 0.254 e. The molecule has 0 radical (unpaired) electrons. The number of pyridine rings is 1. The fraction of sp³-hybridized carbons (Fsp3) is 0.143. The largest absolute Gasteiger partial charge is 0.489 e. The molecular weight excluding hydrogens is 312 g/mol. The number of ether oxygens (including phenoxy) is 1. The van der Waals surface area contributed by atoms with Crippen molar-refractivity contribution in [3.63, 3.8) is 0 Å². The molecule has 124 valence electrons. The van der Waals surface area contributed by atoms with Crippen LogP contribution in [0.15, 0.2) is 71.5 Å². The van der Waals surface area contributed by atoms with Crippen molar-refractivity contribution >= 4 is 0 Å². The van der Waals surface area contributed by atoms with Crippen molar-refractivity contribution in [2.45, 2.75) is 20.1 Å². The zero-order valence-electron chi connectivity index (χ0n) is 14.0. The third-order valence-corrected chi connectivity index (χ3v) is 4.02. The highest BCUT2D eigenvalue weighted by atomic mass is 16.5. The zero-order valence-corrected chi connectivity index (χ0v) is 14.0. The van der Waals surface area contributed by atoms with Gasteiger partial charge in [-0.25, -0.2) is 0 Å². The molecule has 25 heavy (non-hydrogen) atoms. The number of benzene rings is 2. The van der Waals surface area contributed by atoms with Gasteiger partial charge in [0.2, 0.25) is 0 Å². The number of hydrogen-bond donors (Lipinski definition) is 0. The molecule has 0 aliphatic heterocycles. The lowest BCUT2D eigenvalue weighted by Crippen LogP contribution is -2.22. The van der Waals surface area contributed by atoms with Crippen molar-refractivity contribution in [1.29, 1.82) is 5.26 Å². The van der Waals surface area contributed by atoms with Gasteiger partial charge in [0.15, 0.2) is 0 Å². The second-order valence-corrected chi connectivity index (χ2v) is 5.80. The highest BCUT2D eigenvalue weighted by Crippen LogP contribution is 2.15. The van der Waals surface area contributed by atoms with E-state index in [1.54, 1.807) is 10.6 Å². The molecule has 3 aromatic rings. The summed E-state index contributed by atoms with van der Waals surface area (Å²) in [6, 6.07) is 22.6. The minimum Gasteiger partial charge on any atom is -0.489 e. The fourth-order valence-corrected chi connectivity index (χ4v) is 2.67. The van der Waals surface area contributed by atoms with Gasteiger partial charge in [-0.3, -0.25) is 4.79 Å². The summed E-state index contributed by atoms with van der Waals surface area (Å²) in [5.74, 6) is 0.513. The van der Waals surface area contributed by atoms with Crippen LogP contribution in [0.25, 0.3) is 0 Å². The Morgan fingerprint density at radius 2 is 1.76 bits per heavy atom. The highest BCUT2D eigenvalue weighted by Gasteiger charge is 2.07. The van der Waals surface area contributed by atoms with Gasteiger partial charge in [0.25, 0.3) is 5.56 Å². The average Bonchev–Trinajstić information content (AvgIpc) is 2.64. The Kier molecular flexibility index (Phi) is 4.96. The molecule has 3 rings (SSSR count). The first-order valence-electron chi connectivity index (χ1n) is 8.03. The number of aryl methyl sites for hydroxylation is 1. The summed E-state index contributed by atoms with van der Waals surface area (Å²) < 4.78 is 7.45. The number of nitrogens with zero attached hydrogens (tertiary/aromatic N) is 2. The minimum atomic E-state index is -0.104. The number of nitriles is 1. The van der Waals surface area contributed by atoms with E-state index in [0.717, 1.165) is 16.8 Å². The quantitative estimate of drug-likeness (QED) is 0.717. The van der Waals surface area contributed by atoms with Gasteiger partial charge >= 0.3 is 0 Å². The predicted octanol–water partition coefficient (Wildman–Crippen LogP) is 3.66. The van der Waals surface area contributed by atoms with Crippen LogP contribution >= 0.6 is 0 Å². The van der Waals surface area contributed by atoms with Crippen LogP contribution in [0, 0.1) is 18.3 Å². The Labute approximate surface area is 146 Å². The summed E-state index contributed by atoms with van der Waals surface area (Å²) >= 11 is 0. The lowest BCUT2D eigenvalue weighted by molar-refractivity contribution is 0.304. The number of aromatic nitrogens is 1. The van der Waals surface area contributed by atoms with E-state index in [1.807, 2.05) is 61.5 Å². The van der Waals surface area contributed by atoms with Crippen LogP contribution in [0.2, 0.25) is 0 Å². The first-order valence-corrected chi connectivity index (χ1v) is 8.03. The van der Waals surface area contributed by atoms with Crippen LogP contribution in [0.1, 0.15) is 22.4 Å². The first-order chi connectivity index (χ1) is 12.2. The molecular formula is C21H18N2O2. The predicted molar refractivity (Wildman–Crippen MR) is 96.5 cm³/mol. The summed E-state index contributed by atoms with van der Waals surface area (Å²) in [4.78, 5) is 12.4. The molecule has 0 unspecified atom stereocenters. The van der Waals surface area contributed by atoms with E-state index in [4.69, 9.17) is 10.00 Å². The molecule has 0 atom stereocenters. The molecule has 0 saturated heterocycles. The van der Waals surface area contributed by atoms with Crippen molar-refractivity contribution in [3.05, 3.63) is 99.5 Å². The molecule has 0 saturated carbocycles. The SMILES string of the molecule is Cc1cc(OCc2ccccc2C#N)cc(=O)n1Cc1ccccc1. The molecule has 0 spiro atoms.